The quantitative estimate of drug-likeness (QED) is 0.749. The lowest BCUT2D eigenvalue weighted by Crippen LogP contribution is -2.57. The van der Waals surface area contributed by atoms with Crippen LogP contribution in [0.4, 0.5) is 0 Å². The van der Waals surface area contributed by atoms with Gasteiger partial charge in [0.1, 0.15) is 11.3 Å². The molecule has 1 aliphatic heterocycles. The van der Waals surface area contributed by atoms with Crippen molar-refractivity contribution in [2.24, 2.45) is 0 Å². The van der Waals surface area contributed by atoms with Crippen LogP contribution in [0.3, 0.4) is 0 Å². The number of benzene rings is 1. The fourth-order valence-electron chi connectivity index (χ4n) is 2.57. The molecule has 0 bridgehead atoms. The molecule has 1 fully saturated rings. The summed E-state index contributed by atoms with van der Waals surface area (Å²) in [4.78, 5) is 23.5. The molecule has 1 aromatic carbocycles. The molecule has 6 nitrogen and oxygen atoms in total. The third kappa shape index (κ3) is 4.96. The third-order valence-electron chi connectivity index (χ3n) is 3.94. The van der Waals surface area contributed by atoms with E-state index in [1.54, 1.807) is 0 Å². The average molecular weight is 321 g/mol. The molecule has 0 spiro atoms. The Bertz CT molecular complexity index is 552. The van der Waals surface area contributed by atoms with Crippen molar-refractivity contribution in [3.63, 3.8) is 0 Å². The van der Waals surface area contributed by atoms with Gasteiger partial charge in [-0.3, -0.25) is 4.79 Å². The number of hydrogen-bond acceptors (Lipinski definition) is 4. The van der Waals surface area contributed by atoms with E-state index in [1.165, 1.54) is 0 Å². The van der Waals surface area contributed by atoms with Gasteiger partial charge < -0.3 is 19.9 Å². The zero-order valence-corrected chi connectivity index (χ0v) is 13.3. The van der Waals surface area contributed by atoms with Gasteiger partial charge in [0.25, 0.3) is 0 Å². The topological polar surface area (TPSA) is 84.9 Å². The molecule has 1 amide bonds. The number of aryl methyl sites for hydroxylation is 1. The molecule has 23 heavy (non-hydrogen) atoms. The summed E-state index contributed by atoms with van der Waals surface area (Å²) in [6.07, 6.45) is 1.37. The van der Waals surface area contributed by atoms with Gasteiger partial charge in [0.15, 0.2) is 0 Å². The van der Waals surface area contributed by atoms with Gasteiger partial charge in [-0.05, 0) is 31.0 Å². The normalized spacial score (nSPS) is 16.6. The van der Waals surface area contributed by atoms with Crippen molar-refractivity contribution < 1.29 is 24.2 Å². The summed E-state index contributed by atoms with van der Waals surface area (Å²) in [6.45, 7) is 3.10. The molecule has 1 saturated heterocycles. The molecule has 126 valence electrons. The summed E-state index contributed by atoms with van der Waals surface area (Å²) in [6, 6.07) is 7.70. The Labute approximate surface area is 135 Å². The van der Waals surface area contributed by atoms with Crippen LogP contribution in [-0.2, 0) is 14.3 Å². The van der Waals surface area contributed by atoms with Crippen LogP contribution in [-0.4, -0.2) is 42.3 Å². The van der Waals surface area contributed by atoms with Crippen LogP contribution < -0.4 is 10.1 Å². The number of nitrogens with one attached hydrogen (secondary N) is 1. The summed E-state index contributed by atoms with van der Waals surface area (Å²) in [5, 5.41) is 12.1. The van der Waals surface area contributed by atoms with E-state index in [4.69, 9.17) is 9.47 Å². The molecule has 0 aliphatic carbocycles. The molecule has 0 atom stereocenters. The Morgan fingerprint density at radius 3 is 2.74 bits per heavy atom. The van der Waals surface area contributed by atoms with Crippen molar-refractivity contribution in [2.75, 3.05) is 19.8 Å². The van der Waals surface area contributed by atoms with E-state index in [-0.39, 0.29) is 12.3 Å². The first-order chi connectivity index (χ1) is 11.0. The van der Waals surface area contributed by atoms with E-state index < -0.39 is 11.5 Å². The van der Waals surface area contributed by atoms with Crippen molar-refractivity contribution >= 4 is 11.9 Å². The highest BCUT2D eigenvalue weighted by molar-refractivity contribution is 5.87. The van der Waals surface area contributed by atoms with Crippen molar-refractivity contribution in [3.05, 3.63) is 29.8 Å². The van der Waals surface area contributed by atoms with Crippen LogP contribution >= 0.6 is 0 Å². The second-order valence-electron chi connectivity index (χ2n) is 5.82. The molecule has 2 N–H and O–H groups in total. The van der Waals surface area contributed by atoms with Crippen LogP contribution in [0.1, 0.15) is 31.2 Å². The largest absolute Gasteiger partial charge is 0.494 e. The molecule has 1 heterocycles. The van der Waals surface area contributed by atoms with Crippen LogP contribution in [0.15, 0.2) is 24.3 Å². The number of carboxylic acids is 1. The SMILES string of the molecule is Cc1cccc(OCCCC(=O)NC2(C(=O)O)CCOCC2)c1. The maximum atomic E-state index is 12.0. The van der Waals surface area contributed by atoms with Gasteiger partial charge in [-0.2, -0.15) is 0 Å². The van der Waals surface area contributed by atoms with E-state index in [2.05, 4.69) is 5.32 Å². The van der Waals surface area contributed by atoms with Crippen molar-refractivity contribution in [3.8, 4) is 5.75 Å². The maximum Gasteiger partial charge on any atom is 0.329 e. The van der Waals surface area contributed by atoms with Gasteiger partial charge in [0, 0.05) is 32.5 Å². The van der Waals surface area contributed by atoms with E-state index in [9.17, 15) is 14.7 Å². The van der Waals surface area contributed by atoms with E-state index in [0.29, 0.717) is 39.1 Å². The molecule has 0 aromatic heterocycles. The zero-order valence-electron chi connectivity index (χ0n) is 13.3. The Balaban J connectivity index is 1.75. The predicted molar refractivity (Wildman–Crippen MR) is 84.5 cm³/mol. The maximum absolute atomic E-state index is 12.0. The van der Waals surface area contributed by atoms with Crippen molar-refractivity contribution in [2.45, 2.75) is 38.1 Å². The summed E-state index contributed by atoms with van der Waals surface area (Å²) >= 11 is 0. The van der Waals surface area contributed by atoms with Gasteiger partial charge in [0.2, 0.25) is 5.91 Å². The Morgan fingerprint density at radius 2 is 2.09 bits per heavy atom. The molecule has 1 aromatic rings. The van der Waals surface area contributed by atoms with E-state index in [0.717, 1.165) is 11.3 Å². The lowest BCUT2D eigenvalue weighted by molar-refractivity contribution is -0.152. The predicted octanol–water partition coefficient (Wildman–Crippen LogP) is 1.90. The number of amides is 1. The first-order valence-corrected chi connectivity index (χ1v) is 7.83. The smallest absolute Gasteiger partial charge is 0.329 e. The number of rotatable bonds is 7. The van der Waals surface area contributed by atoms with E-state index in [1.807, 2.05) is 31.2 Å². The minimum atomic E-state index is -1.19. The fourth-order valence-corrected chi connectivity index (χ4v) is 2.57. The number of ether oxygens (including phenoxy) is 2. The highest BCUT2D eigenvalue weighted by Gasteiger charge is 2.41. The third-order valence-corrected chi connectivity index (χ3v) is 3.94. The number of carboxylic acid groups (broad SMARTS) is 1. The van der Waals surface area contributed by atoms with Crippen molar-refractivity contribution in [1.29, 1.82) is 0 Å². The van der Waals surface area contributed by atoms with Gasteiger partial charge in [-0.1, -0.05) is 12.1 Å². The van der Waals surface area contributed by atoms with Crippen LogP contribution in [0.25, 0.3) is 0 Å². The van der Waals surface area contributed by atoms with Crippen LogP contribution in [0, 0.1) is 6.92 Å². The fraction of sp³-hybridized carbons (Fsp3) is 0.529. The second kappa shape index (κ2) is 7.97. The Morgan fingerprint density at radius 1 is 1.35 bits per heavy atom. The van der Waals surface area contributed by atoms with Crippen molar-refractivity contribution in [1.82, 2.24) is 5.32 Å². The minimum absolute atomic E-state index is 0.238. The molecule has 0 radical (unpaired) electrons. The first kappa shape index (κ1) is 17.3. The molecule has 6 heteroatoms. The molecular formula is C17H23NO5. The van der Waals surface area contributed by atoms with Gasteiger partial charge in [-0.15, -0.1) is 0 Å². The summed E-state index contributed by atoms with van der Waals surface area (Å²) in [5.74, 6) is -0.482. The molecule has 2 rings (SSSR count). The molecule has 0 saturated carbocycles. The van der Waals surface area contributed by atoms with Gasteiger partial charge >= 0.3 is 5.97 Å². The lowest BCUT2D eigenvalue weighted by atomic mass is 9.90. The van der Waals surface area contributed by atoms with Crippen LogP contribution in [0.5, 0.6) is 5.75 Å². The summed E-state index contributed by atoms with van der Waals surface area (Å²) < 4.78 is 10.8. The van der Waals surface area contributed by atoms with Crippen LogP contribution in [0.2, 0.25) is 0 Å². The molecular weight excluding hydrogens is 298 g/mol. The second-order valence-corrected chi connectivity index (χ2v) is 5.82. The minimum Gasteiger partial charge on any atom is -0.494 e. The highest BCUT2D eigenvalue weighted by atomic mass is 16.5. The standard InChI is InChI=1S/C17H23NO5/c1-13-4-2-5-14(12-13)23-9-3-6-15(19)18-17(16(20)21)7-10-22-11-8-17/h2,4-5,12H,3,6-11H2,1H3,(H,18,19)(H,20,21). The van der Waals surface area contributed by atoms with Gasteiger partial charge in [-0.25, -0.2) is 4.79 Å². The number of aliphatic carboxylic acids is 1. The molecule has 1 aliphatic rings. The molecule has 0 unspecified atom stereocenters. The Hall–Kier alpha value is -2.08. The van der Waals surface area contributed by atoms with E-state index >= 15 is 0 Å². The zero-order chi connectivity index (χ0) is 16.7. The average Bonchev–Trinajstić information content (AvgIpc) is 2.52. The lowest BCUT2D eigenvalue weighted by Gasteiger charge is -2.33. The monoisotopic (exact) mass is 321 g/mol. The highest BCUT2D eigenvalue weighted by Crippen LogP contribution is 2.21. The Kier molecular flexibility index (Phi) is 5.98. The first-order valence-electron chi connectivity index (χ1n) is 7.83. The number of carbonyl (C=O) groups is 2. The number of carbonyl (C=O) groups excluding carboxylic acids is 1. The van der Waals surface area contributed by atoms with Gasteiger partial charge in [0.05, 0.1) is 6.61 Å². The number of hydrogen-bond donors (Lipinski definition) is 2. The summed E-state index contributed by atoms with van der Waals surface area (Å²) in [7, 11) is 0. The summed E-state index contributed by atoms with van der Waals surface area (Å²) in [5.41, 5.74) is -0.0737.